The number of benzene rings is 2. The molecular weight excluding hydrogens is 613 g/mol. The van der Waals surface area contributed by atoms with Crippen molar-refractivity contribution in [2.45, 2.75) is 52.4 Å². The number of carboxylic acid groups (broad SMARTS) is 2. The van der Waals surface area contributed by atoms with E-state index in [2.05, 4.69) is 10.6 Å². The van der Waals surface area contributed by atoms with E-state index in [4.69, 9.17) is 4.74 Å². The summed E-state index contributed by atoms with van der Waals surface area (Å²) >= 11 is 2.34. The Morgan fingerprint density at radius 1 is 0.622 bits per heavy atom. The molecule has 0 saturated heterocycles. The second-order valence-corrected chi connectivity index (χ2v) is 14.5. The fraction of sp³-hybridized carbons (Fsp3) is 0.294. The van der Waals surface area contributed by atoms with Crippen LogP contribution in [-0.4, -0.2) is 47.2 Å². The van der Waals surface area contributed by atoms with Crippen LogP contribution in [0.4, 0.5) is 10.0 Å². The number of amides is 2. The maximum Gasteiger partial charge on any atom is 0.339 e. The molecule has 0 atom stereocenters. The molecule has 0 spiro atoms. The summed E-state index contributed by atoms with van der Waals surface area (Å²) < 4.78 is 5.37. The zero-order valence-corrected chi connectivity index (χ0v) is 27.6. The highest BCUT2D eigenvalue weighted by Gasteiger charge is 2.33. The van der Waals surface area contributed by atoms with Gasteiger partial charge in [0.05, 0.1) is 11.1 Å². The van der Waals surface area contributed by atoms with Gasteiger partial charge in [-0.3, -0.25) is 9.59 Å². The van der Waals surface area contributed by atoms with Crippen molar-refractivity contribution in [1.82, 2.24) is 0 Å². The summed E-state index contributed by atoms with van der Waals surface area (Å²) in [5.74, 6) is -3.59. The Morgan fingerprint density at radius 2 is 0.956 bits per heavy atom. The first-order valence-electron chi connectivity index (χ1n) is 14.2. The van der Waals surface area contributed by atoms with Gasteiger partial charge < -0.3 is 25.6 Å². The Bertz CT molecular complexity index is 1600. The molecule has 2 amide bonds. The molecule has 2 heterocycles. The molecule has 0 fully saturated rings. The van der Waals surface area contributed by atoms with Crippen LogP contribution in [0.5, 0.6) is 0 Å². The predicted molar refractivity (Wildman–Crippen MR) is 179 cm³/mol. The van der Waals surface area contributed by atoms with Crippen molar-refractivity contribution in [3.05, 3.63) is 82.9 Å². The fourth-order valence-electron chi connectivity index (χ4n) is 5.03. The molecule has 0 bridgehead atoms. The topological polar surface area (TPSA) is 142 Å². The number of ether oxygens (including phenoxy) is 1. The first-order chi connectivity index (χ1) is 21.1. The van der Waals surface area contributed by atoms with Crippen LogP contribution >= 0.6 is 22.7 Å². The van der Waals surface area contributed by atoms with Crippen LogP contribution in [-0.2, 0) is 25.2 Å². The molecule has 9 nitrogen and oxygen atoms in total. The summed E-state index contributed by atoms with van der Waals surface area (Å²) in [6.45, 7) is 10.4. The van der Waals surface area contributed by atoms with Gasteiger partial charge in [0, 0.05) is 9.75 Å². The lowest BCUT2D eigenvalue weighted by Gasteiger charge is -2.21. The SMILES string of the molecule is CC(C)(C)c1c(-c2ccccc2)sc(NC(=O)COCC(=O)Nc2sc(-c3ccccc3)c(C(C)(C)C)c2C(=O)O)c1C(=O)O. The first kappa shape index (κ1) is 33.6. The summed E-state index contributed by atoms with van der Waals surface area (Å²) in [4.78, 5) is 52.0. The van der Waals surface area contributed by atoms with E-state index in [9.17, 15) is 29.4 Å². The number of hydrogen-bond donors (Lipinski definition) is 4. The van der Waals surface area contributed by atoms with Crippen molar-refractivity contribution in [3.8, 4) is 20.9 Å². The van der Waals surface area contributed by atoms with E-state index in [1.807, 2.05) is 102 Å². The van der Waals surface area contributed by atoms with Gasteiger partial charge in [0.25, 0.3) is 11.8 Å². The third-order valence-electron chi connectivity index (χ3n) is 6.79. The lowest BCUT2D eigenvalue weighted by molar-refractivity contribution is -0.125. The van der Waals surface area contributed by atoms with E-state index < -0.39 is 47.8 Å². The second kappa shape index (κ2) is 13.4. The number of carboxylic acids is 2. The number of hydrogen-bond acceptors (Lipinski definition) is 7. The predicted octanol–water partition coefficient (Wildman–Crippen LogP) is 7.73. The zero-order valence-electron chi connectivity index (χ0n) is 25.9. The van der Waals surface area contributed by atoms with E-state index in [-0.39, 0.29) is 21.1 Å². The monoisotopic (exact) mass is 648 g/mol. The number of anilines is 2. The van der Waals surface area contributed by atoms with Crippen LogP contribution in [0, 0.1) is 0 Å². The third-order valence-corrected chi connectivity index (χ3v) is 9.10. The molecule has 236 valence electrons. The summed E-state index contributed by atoms with van der Waals surface area (Å²) in [5, 5.41) is 25.9. The van der Waals surface area contributed by atoms with Crippen LogP contribution in [0.3, 0.4) is 0 Å². The van der Waals surface area contributed by atoms with Crippen LogP contribution < -0.4 is 10.6 Å². The van der Waals surface area contributed by atoms with Crippen LogP contribution in [0.2, 0.25) is 0 Å². The van der Waals surface area contributed by atoms with Gasteiger partial charge in [0.2, 0.25) is 0 Å². The lowest BCUT2D eigenvalue weighted by Crippen LogP contribution is -2.25. The molecule has 4 rings (SSSR count). The minimum Gasteiger partial charge on any atom is -0.478 e. The highest BCUT2D eigenvalue weighted by molar-refractivity contribution is 7.20. The number of rotatable bonds is 10. The Balaban J connectivity index is 1.50. The summed E-state index contributed by atoms with van der Waals surface area (Å²) in [5.41, 5.74) is 1.85. The quantitative estimate of drug-likeness (QED) is 0.138. The molecule has 2 aromatic heterocycles. The van der Waals surface area contributed by atoms with Gasteiger partial charge in [-0.05, 0) is 33.1 Å². The van der Waals surface area contributed by atoms with Crippen molar-refractivity contribution < 1.29 is 34.1 Å². The lowest BCUT2D eigenvalue weighted by atomic mass is 9.83. The number of carbonyl (C=O) groups excluding carboxylic acids is 2. The Morgan fingerprint density at radius 3 is 1.24 bits per heavy atom. The van der Waals surface area contributed by atoms with Gasteiger partial charge in [-0.25, -0.2) is 9.59 Å². The van der Waals surface area contributed by atoms with Gasteiger partial charge in [-0.15, -0.1) is 22.7 Å². The molecule has 45 heavy (non-hydrogen) atoms. The summed E-state index contributed by atoms with van der Waals surface area (Å²) in [6, 6.07) is 18.7. The van der Waals surface area contributed by atoms with Crippen LogP contribution in [0.25, 0.3) is 20.9 Å². The van der Waals surface area contributed by atoms with Crippen molar-refractivity contribution >= 4 is 56.4 Å². The van der Waals surface area contributed by atoms with E-state index in [1.165, 1.54) is 22.7 Å². The summed E-state index contributed by atoms with van der Waals surface area (Å²) in [7, 11) is 0. The van der Waals surface area contributed by atoms with Gasteiger partial charge >= 0.3 is 11.9 Å². The van der Waals surface area contributed by atoms with Gasteiger partial charge in [0.15, 0.2) is 0 Å². The number of thiophene rings is 2. The molecule has 4 N–H and O–H groups in total. The Labute approximate surface area is 269 Å². The molecule has 0 aliphatic carbocycles. The van der Waals surface area contributed by atoms with Crippen molar-refractivity contribution in [2.24, 2.45) is 0 Å². The minimum atomic E-state index is -1.16. The highest BCUT2D eigenvalue weighted by Crippen LogP contribution is 2.47. The minimum absolute atomic E-state index is 0.0141. The molecule has 0 saturated carbocycles. The molecule has 0 aliphatic rings. The second-order valence-electron chi connectivity index (χ2n) is 12.5. The van der Waals surface area contributed by atoms with E-state index in [1.54, 1.807) is 0 Å². The van der Waals surface area contributed by atoms with Crippen molar-refractivity contribution in [3.63, 3.8) is 0 Å². The van der Waals surface area contributed by atoms with E-state index in [0.717, 1.165) is 20.9 Å². The largest absolute Gasteiger partial charge is 0.478 e. The van der Waals surface area contributed by atoms with Crippen molar-refractivity contribution in [2.75, 3.05) is 23.8 Å². The van der Waals surface area contributed by atoms with E-state index >= 15 is 0 Å². The Hall–Kier alpha value is -4.32. The number of nitrogens with one attached hydrogen (secondary N) is 2. The third kappa shape index (κ3) is 7.67. The average Bonchev–Trinajstić information content (AvgIpc) is 3.53. The Kier molecular flexibility index (Phi) is 9.96. The normalized spacial score (nSPS) is 11.7. The number of carbonyl (C=O) groups is 4. The van der Waals surface area contributed by atoms with Crippen LogP contribution in [0.15, 0.2) is 60.7 Å². The molecule has 0 aliphatic heterocycles. The number of aromatic carboxylic acids is 2. The average molecular weight is 649 g/mol. The van der Waals surface area contributed by atoms with Gasteiger partial charge in [-0.2, -0.15) is 0 Å². The maximum absolute atomic E-state index is 12.9. The molecule has 4 aromatic rings. The standard InChI is InChI=1S/C34H36N2O7S2/c1-33(2,3)25-23(31(39)40)29(44-27(25)19-13-9-7-10-14-19)35-21(37)17-43-18-22(38)36-30-24(32(41)42)26(34(4,5)6)28(45-30)20-15-11-8-12-16-20/h7-16H,17-18H2,1-6H3,(H,35,37)(H,36,38)(H,39,40)(H,41,42). The van der Waals surface area contributed by atoms with Crippen LogP contribution in [0.1, 0.15) is 73.4 Å². The zero-order chi connectivity index (χ0) is 33.1. The summed E-state index contributed by atoms with van der Waals surface area (Å²) in [6.07, 6.45) is 0. The molecule has 0 radical (unpaired) electrons. The molecule has 2 aromatic carbocycles. The molecule has 11 heteroatoms. The molecular formula is C34H36N2O7S2. The van der Waals surface area contributed by atoms with Crippen molar-refractivity contribution in [1.29, 1.82) is 0 Å². The fourth-order valence-corrected chi connectivity index (χ4v) is 7.87. The molecule has 0 unspecified atom stereocenters. The van der Waals surface area contributed by atoms with Gasteiger partial charge in [-0.1, -0.05) is 102 Å². The van der Waals surface area contributed by atoms with Gasteiger partial charge in [0.1, 0.15) is 23.2 Å². The van der Waals surface area contributed by atoms with E-state index in [0.29, 0.717) is 11.1 Å². The maximum atomic E-state index is 12.9. The smallest absolute Gasteiger partial charge is 0.339 e. The highest BCUT2D eigenvalue weighted by atomic mass is 32.1. The first-order valence-corrected chi connectivity index (χ1v) is 15.8.